The maximum absolute atomic E-state index is 15.9. The summed E-state index contributed by atoms with van der Waals surface area (Å²) in [6.45, 7) is 4.66. The fourth-order valence-electron chi connectivity index (χ4n) is 7.95. The van der Waals surface area contributed by atoms with Gasteiger partial charge in [-0.25, -0.2) is 43.9 Å². The highest BCUT2D eigenvalue weighted by atomic mass is 19.2. The molecule has 0 saturated heterocycles. The minimum atomic E-state index is -2.31. The first kappa shape index (κ1) is 36.5. The molecule has 1 aliphatic heterocycles. The van der Waals surface area contributed by atoms with Crippen LogP contribution in [-0.2, 0) is 13.1 Å². The van der Waals surface area contributed by atoms with Gasteiger partial charge in [-0.1, -0.05) is 75.2 Å². The standard InChI is InChI=1S/C42H32F10N/c1-3-5-15-53(16-6-4-2)19-27-25(31-33(43)37(47)41(51)38(48)34(31)44)17-21-11-7-9-13-23(21)29(27)30-24-14-10-8-12-22(24)18-26(28(30)20-53)32-35(45)39(49)42(52)40(50)36(32)46/h7-14,17-18H,3-6,15-16,19-20H2,1-2H3/q+1. The van der Waals surface area contributed by atoms with E-state index >= 15 is 17.6 Å². The number of rotatable bonds is 8. The number of nitrogens with zero attached hydrogens (tertiary/aromatic N) is 1. The van der Waals surface area contributed by atoms with Gasteiger partial charge in [-0.3, -0.25) is 0 Å². The molecule has 0 N–H and O–H groups in total. The monoisotopic (exact) mass is 740 g/mol. The van der Waals surface area contributed by atoms with E-state index in [0.29, 0.717) is 71.4 Å². The molecule has 274 valence electrons. The lowest BCUT2D eigenvalue weighted by atomic mass is 9.81. The summed E-state index contributed by atoms with van der Waals surface area (Å²) < 4.78 is 152. The van der Waals surface area contributed by atoms with E-state index in [1.54, 1.807) is 48.5 Å². The molecule has 53 heavy (non-hydrogen) atoms. The molecule has 0 aliphatic carbocycles. The zero-order valence-corrected chi connectivity index (χ0v) is 28.7. The molecule has 0 aromatic heterocycles. The van der Waals surface area contributed by atoms with Gasteiger partial charge in [0.15, 0.2) is 46.5 Å². The van der Waals surface area contributed by atoms with Gasteiger partial charge in [-0.2, -0.15) is 0 Å². The number of benzene rings is 6. The Labute approximate surface area is 298 Å². The zero-order valence-electron chi connectivity index (χ0n) is 28.7. The molecule has 0 atom stereocenters. The second-order valence-corrected chi connectivity index (χ2v) is 13.7. The van der Waals surface area contributed by atoms with Gasteiger partial charge in [-0.15, -0.1) is 0 Å². The van der Waals surface area contributed by atoms with E-state index in [1.165, 1.54) is 12.1 Å². The van der Waals surface area contributed by atoms with E-state index in [-0.39, 0.29) is 39.8 Å². The summed E-state index contributed by atoms with van der Waals surface area (Å²) in [4.78, 5) is 0. The Morgan fingerprint density at radius 3 is 1.09 bits per heavy atom. The number of hydrogen-bond donors (Lipinski definition) is 0. The molecule has 1 aliphatic rings. The Balaban J connectivity index is 1.76. The van der Waals surface area contributed by atoms with E-state index in [0.717, 1.165) is 0 Å². The highest BCUT2D eigenvalue weighted by molar-refractivity contribution is 6.12. The van der Waals surface area contributed by atoms with Gasteiger partial charge < -0.3 is 4.48 Å². The first-order chi connectivity index (χ1) is 25.4. The lowest BCUT2D eigenvalue weighted by Gasteiger charge is -2.39. The van der Waals surface area contributed by atoms with E-state index in [1.807, 2.05) is 13.8 Å². The first-order valence-corrected chi connectivity index (χ1v) is 17.3. The van der Waals surface area contributed by atoms with E-state index in [4.69, 9.17) is 0 Å². The number of unbranched alkanes of at least 4 members (excludes halogenated alkanes) is 2. The van der Waals surface area contributed by atoms with Crippen LogP contribution < -0.4 is 0 Å². The second-order valence-electron chi connectivity index (χ2n) is 13.7. The van der Waals surface area contributed by atoms with Crippen molar-refractivity contribution in [3.8, 4) is 33.4 Å². The number of hydrogen-bond acceptors (Lipinski definition) is 0. The third-order valence-electron chi connectivity index (χ3n) is 10.5. The Kier molecular flexibility index (Phi) is 9.51. The van der Waals surface area contributed by atoms with Crippen LogP contribution in [0.3, 0.4) is 0 Å². The molecule has 0 amide bonds. The average molecular weight is 741 g/mol. The molecule has 0 fully saturated rings. The normalized spacial score (nSPS) is 13.7. The van der Waals surface area contributed by atoms with Crippen LogP contribution >= 0.6 is 0 Å². The summed E-state index contributed by atoms with van der Waals surface area (Å²) >= 11 is 0. The topological polar surface area (TPSA) is 0 Å². The Morgan fingerprint density at radius 2 is 0.755 bits per heavy atom. The molecule has 0 radical (unpaired) electrons. The molecule has 0 saturated carbocycles. The molecule has 6 aromatic rings. The van der Waals surface area contributed by atoms with Crippen molar-refractivity contribution < 1.29 is 48.4 Å². The van der Waals surface area contributed by atoms with Gasteiger partial charge in [-0.05, 0) is 57.6 Å². The van der Waals surface area contributed by atoms with Gasteiger partial charge in [0.2, 0.25) is 11.6 Å². The molecular formula is C42H32F10N+. The summed E-state index contributed by atoms with van der Waals surface area (Å²) in [6.07, 6.45) is 2.59. The van der Waals surface area contributed by atoms with Crippen LogP contribution in [0.5, 0.6) is 0 Å². The van der Waals surface area contributed by atoms with Gasteiger partial charge >= 0.3 is 0 Å². The molecule has 1 heterocycles. The van der Waals surface area contributed by atoms with E-state index < -0.39 is 69.3 Å². The quantitative estimate of drug-likeness (QED) is 0.0631. The van der Waals surface area contributed by atoms with Crippen LogP contribution in [0.15, 0.2) is 60.7 Å². The van der Waals surface area contributed by atoms with Gasteiger partial charge in [0.1, 0.15) is 13.1 Å². The van der Waals surface area contributed by atoms with Crippen LogP contribution in [0.4, 0.5) is 43.9 Å². The fourth-order valence-corrected chi connectivity index (χ4v) is 7.95. The zero-order chi connectivity index (χ0) is 37.9. The Hall–Kier alpha value is -4.90. The summed E-state index contributed by atoms with van der Waals surface area (Å²) in [5.41, 5.74) is -1.75. The van der Waals surface area contributed by atoms with Gasteiger partial charge in [0.05, 0.1) is 24.2 Å². The fraction of sp³-hybridized carbons (Fsp3) is 0.238. The van der Waals surface area contributed by atoms with Crippen molar-refractivity contribution in [3.05, 3.63) is 130 Å². The summed E-state index contributed by atoms with van der Waals surface area (Å²) in [6, 6.07) is 16.0. The van der Waals surface area contributed by atoms with Crippen LogP contribution in [0.25, 0.3) is 54.9 Å². The van der Waals surface area contributed by atoms with Crippen LogP contribution in [0.2, 0.25) is 0 Å². The molecule has 0 spiro atoms. The van der Waals surface area contributed by atoms with Crippen molar-refractivity contribution >= 4 is 21.5 Å². The first-order valence-electron chi connectivity index (χ1n) is 17.3. The minimum Gasteiger partial charge on any atom is -0.316 e. The van der Waals surface area contributed by atoms with Crippen molar-refractivity contribution in [3.63, 3.8) is 0 Å². The Bertz CT molecular complexity index is 2230. The predicted octanol–water partition coefficient (Wildman–Crippen LogP) is 12.8. The summed E-state index contributed by atoms with van der Waals surface area (Å²) in [5.74, 6) is -21.2. The van der Waals surface area contributed by atoms with Gasteiger partial charge in [0, 0.05) is 22.3 Å². The molecule has 0 bridgehead atoms. The van der Waals surface area contributed by atoms with Crippen LogP contribution in [0.1, 0.15) is 50.7 Å². The third kappa shape index (κ3) is 5.75. The Morgan fingerprint density at radius 1 is 0.434 bits per heavy atom. The smallest absolute Gasteiger partial charge is 0.200 e. The SMILES string of the molecule is CCCC[N+]1(CCCC)Cc2c(-c3c(F)c(F)c(F)c(F)c3F)cc3ccccc3c2-c2c(c(-c3c(F)c(F)c(F)c(F)c3F)cc3ccccc23)C1. The lowest BCUT2D eigenvalue weighted by molar-refractivity contribution is -0.953. The number of quaternary nitrogens is 1. The minimum absolute atomic E-state index is 0.0193. The largest absolute Gasteiger partial charge is 0.316 e. The van der Waals surface area contributed by atoms with E-state index in [9.17, 15) is 26.3 Å². The molecule has 0 unspecified atom stereocenters. The molecule has 1 nitrogen and oxygen atoms in total. The van der Waals surface area contributed by atoms with Crippen LogP contribution in [0, 0.1) is 58.2 Å². The van der Waals surface area contributed by atoms with Gasteiger partial charge in [0.25, 0.3) is 0 Å². The summed E-state index contributed by atoms with van der Waals surface area (Å²) in [5, 5.41) is 1.68. The van der Waals surface area contributed by atoms with Crippen molar-refractivity contribution in [2.75, 3.05) is 13.1 Å². The molecule has 11 heteroatoms. The number of halogens is 10. The molecular weight excluding hydrogens is 708 g/mol. The summed E-state index contributed by atoms with van der Waals surface area (Å²) in [7, 11) is 0. The third-order valence-corrected chi connectivity index (χ3v) is 10.5. The second kappa shape index (κ2) is 13.8. The highest BCUT2D eigenvalue weighted by Crippen LogP contribution is 2.51. The highest BCUT2D eigenvalue weighted by Gasteiger charge is 2.40. The maximum Gasteiger partial charge on any atom is 0.200 e. The van der Waals surface area contributed by atoms with Crippen LogP contribution in [-0.4, -0.2) is 17.6 Å². The lowest BCUT2D eigenvalue weighted by Crippen LogP contribution is -2.47. The van der Waals surface area contributed by atoms with E-state index in [2.05, 4.69) is 0 Å². The maximum atomic E-state index is 15.9. The molecule has 6 aromatic carbocycles. The van der Waals surface area contributed by atoms with Crippen molar-refractivity contribution in [1.82, 2.24) is 0 Å². The van der Waals surface area contributed by atoms with Crippen molar-refractivity contribution in [2.45, 2.75) is 52.6 Å². The molecule has 7 rings (SSSR count). The predicted molar refractivity (Wildman–Crippen MR) is 185 cm³/mol. The van der Waals surface area contributed by atoms with Crippen molar-refractivity contribution in [1.29, 1.82) is 0 Å². The number of fused-ring (bicyclic) bond motifs is 7. The van der Waals surface area contributed by atoms with Crippen molar-refractivity contribution in [2.24, 2.45) is 0 Å². The average Bonchev–Trinajstić information content (AvgIpc) is 3.32.